The molecule has 1 saturated carbocycles. The Balaban J connectivity index is 1.81. The molecule has 2 aliphatic rings. The lowest BCUT2D eigenvalue weighted by Crippen LogP contribution is -2.36. The van der Waals surface area contributed by atoms with E-state index in [-0.39, 0.29) is 53.3 Å². The molecule has 2 aromatic rings. The lowest BCUT2D eigenvalue weighted by molar-refractivity contribution is -0.132. The molecule has 0 spiro atoms. The van der Waals surface area contributed by atoms with Crippen LogP contribution in [0.4, 0.5) is 0 Å². The van der Waals surface area contributed by atoms with E-state index in [1.54, 1.807) is 19.1 Å². The number of H-pyrrole nitrogens is 1. The van der Waals surface area contributed by atoms with Gasteiger partial charge in [0.2, 0.25) is 17.5 Å². The number of nitrogens with zero attached hydrogens (tertiary/aromatic N) is 3. The number of methoxy groups -OCH3 is 2. The summed E-state index contributed by atoms with van der Waals surface area (Å²) in [6.45, 7) is 1.69. The first kappa shape index (κ1) is 24.4. The lowest BCUT2D eigenvalue weighted by atomic mass is 9.94. The van der Waals surface area contributed by atoms with Gasteiger partial charge in [-0.3, -0.25) is 19.1 Å². The Labute approximate surface area is 201 Å². The van der Waals surface area contributed by atoms with Gasteiger partial charge in [-0.2, -0.15) is 5.10 Å². The number of ether oxygens (including phenoxy) is 2. The van der Waals surface area contributed by atoms with Crippen molar-refractivity contribution in [1.82, 2.24) is 14.6 Å². The number of aromatic hydroxyl groups is 2. The number of carbonyl (C=O) groups is 1. The number of aromatic amines is 1. The van der Waals surface area contributed by atoms with Gasteiger partial charge in [-0.1, -0.05) is 26.2 Å². The maximum atomic E-state index is 12.8. The third kappa shape index (κ3) is 4.38. The second-order valence-electron chi connectivity index (χ2n) is 8.75. The summed E-state index contributed by atoms with van der Waals surface area (Å²) in [5.74, 6) is -0.603. The maximum Gasteiger partial charge on any atom is 0.331 e. The summed E-state index contributed by atoms with van der Waals surface area (Å²) >= 11 is 0. The summed E-state index contributed by atoms with van der Waals surface area (Å²) in [5, 5.41) is 27.1. The number of hydrogen-bond donors (Lipinski definition) is 3. The molecule has 1 aliphatic heterocycles. The largest absolute Gasteiger partial charge is 0.502 e. The molecule has 1 aromatic carbocycles. The van der Waals surface area contributed by atoms with Crippen molar-refractivity contribution in [1.29, 1.82) is 0 Å². The molecule has 4 rings (SSSR count). The number of phenolic OH excluding ortho intramolecular Hbond substituents is 1. The normalized spacial score (nSPS) is 18.4. The van der Waals surface area contributed by atoms with Gasteiger partial charge in [0.25, 0.3) is 5.56 Å². The van der Waals surface area contributed by atoms with Crippen molar-refractivity contribution in [2.75, 3.05) is 14.2 Å². The summed E-state index contributed by atoms with van der Waals surface area (Å²) < 4.78 is 11.7. The van der Waals surface area contributed by atoms with E-state index in [0.717, 1.165) is 32.1 Å². The van der Waals surface area contributed by atoms with E-state index in [0.29, 0.717) is 5.56 Å². The van der Waals surface area contributed by atoms with Gasteiger partial charge in [0.1, 0.15) is 5.56 Å². The molecule has 1 atom stereocenters. The van der Waals surface area contributed by atoms with Crippen LogP contribution < -0.4 is 20.7 Å². The molecule has 0 bridgehead atoms. The minimum Gasteiger partial charge on any atom is -0.502 e. The van der Waals surface area contributed by atoms with E-state index in [1.165, 1.54) is 23.8 Å². The summed E-state index contributed by atoms with van der Waals surface area (Å²) in [7, 11) is 2.80. The zero-order valence-electron chi connectivity index (χ0n) is 20.0. The molecule has 1 aliphatic carbocycles. The molecule has 11 nitrogen and oxygen atoms in total. The Kier molecular flexibility index (Phi) is 6.86. The second-order valence-corrected chi connectivity index (χ2v) is 8.75. The number of hydrogen-bond acceptors (Lipinski definition) is 8. The van der Waals surface area contributed by atoms with Gasteiger partial charge in [0.15, 0.2) is 11.5 Å². The van der Waals surface area contributed by atoms with Gasteiger partial charge in [-0.25, -0.2) is 9.80 Å². The monoisotopic (exact) mass is 486 g/mol. The zero-order valence-corrected chi connectivity index (χ0v) is 20.0. The highest BCUT2D eigenvalue weighted by Crippen LogP contribution is 2.43. The molecular weight excluding hydrogens is 456 g/mol. The highest BCUT2D eigenvalue weighted by molar-refractivity contribution is 6.04. The van der Waals surface area contributed by atoms with Gasteiger partial charge < -0.3 is 19.7 Å². The molecule has 2 heterocycles. The van der Waals surface area contributed by atoms with E-state index in [4.69, 9.17) is 9.47 Å². The van der Waals surface area contributed by atoms with Crippen LogP contribution in [0.1, 0.15) is 75.1 Å². The third-order valence-corrected chi connectivity index (χ3v) is 6.70. The summed E-state index contributed by atoms with van der Waals surface area (Å²) in [5.41, 5.74) is -0.791. The minimum absolute atomic E-state index is 0.0995. The number of nitrogens with one attached hydrogen (secondary N) is 1. The average Bonchev–Trinajstić information content (AvgIpc) is 3.29. The Hall–Kier alpha value is -3.76. The first-order valence-corrected chi connectivity index (χ1v) is 11.7. The van der Waals surface area contributed by atoms with Crippen LogP contribution in [0.3, 0.4) is 0 Å². The molecule has 35 heavy (non-hydrogen) atoms. The number of rotatable bonds is 6. The van der Waals surface area contributed by atoms with Gasteiger partial charge in [0, 0.05) is 18.9 Å². The molecule has 3 N–H and O–H groups in total. The lowest BCUT2D eigenvalue weighted by Gasteiger charge is -2.25. The van der Waals surface area contributed by atoms with Gasteiger partial charge in [0.05, 0.1) is 26.0 Å². The maximum absolute atomic E-state index is 12.8. The summed E-state index contributed by atoms with van der Waals surface area (Å²) in [4.78, 5) is 40.5. The van der Waals surface area contributed by atoms with E-state index < -0.39 is 23.2 Å². The summed E-state index contributed by atoms with van der Waals surface area (Å²) in [6, 6.07) is 2.28. The van der Waals surface area contributed by atoms with Crippen LogP contribution in [0.15, 0.2) is 26.8 Å². The standard InChI is InChI=1S/C24H30N4O7/c1-4-19(29)28-16(13-10-17(34-2)21(30)18(11-13)35-3)12-15(26-28)20-22(31)25-24(33)27(23(20)32)14-8-6-5-7-9-14/h10-11,14,16,30,32H,4-9,12H2,1-3H3,(H,25,31,33). The van der Waals surface area contributed by atoms with Crippen LogP contribution in [-0.4, -0.2) is 50.6 Å². The molecule has 11 heteroatoms. The minimum atomic E-state index is -0.760. The smallest absolute Gasteiger partial charge is 0.331 e. The Bertz CT molecular complexity index is 1250. The molecule has 1 amide bonds. The fourth-order valence-electron chi connectivity index (χ4n) is 4.90. The van der Waals surface area contributed by atoms with Crippen LogP contribution in [-0.2, 0) is 4.79 Å². The van der Waals surface area contributed by atoms with Gasteiger partial charge in [-0.05, 0) is 30.5 Å². The molecule has 1 unspecified atom stereocenters. The molecule has 0 saturated heterocycles. The Morgan fingerprint density at radius 2 is 1.74 bits per heavy atom. The Morgan fingerprint density at radius 1 is 1.11 bits per heavy atom. The third-order valence-electron chi connectivity index (χ3n) is 6.70. The van der Waals surface area contributed by atoms with Gasteiger partial charge in [-0.15, -0.1) is 0 Å². The number of benzene rings is 1. The fourth-order valence-corrected chi connectivity index (χ4v) is 4.90. The van der Waals surface area contributed by atoms with E-state index >= 15 is 0 Å². The SMILES string of the molecule is CCC(=O)N1N=C(c2c(O)n(C3CCCCC3)c(=O)[nH]c2=O)CC1c1cc(OC)c(O)c(OC)c1. The van der Waals surface area contributed by atoms with Crippen LogP contribution in [0.25, 0.3) is 0 Å². The fraction of sp³-hybridized carbons (Fsp3) is 0.500. The topological polar surface area (TPSA) is 146 Å². The van der Waals surface area contributed by atoms with E-state index in [1.807, 2.05) is 0 Å². The first-order chi connectivity index (χ1) is 16.8. The average molecular weight is 487 g/mol. The van der Waals surface area contributed by atoms with Crippen LogP contribution in [0, 0.1) is 0 Å². The Morgan fingerprint density at radius 3 is 2.31 bits per heavy atom. The van der Waals surface area contributed by atoms with Crippen LogP contribution in [0.5, 0.6) is 23.1 Å². The first-order valence-electron chi connectivity index (χ1n) is 11.7. The number of carbonyl (C=O) groups excluding carboxylic acids is 1. The van der Waals surface area contributed by atoms with Crippen molar-refractivity contribution in [3.05, 3.63) is 44.1 Å². The predicted octanol–water partition coefficient (Wildman–Crippen LogP) is 2.56. The predicted molar refractivity (Wildman–Crippen MR) is 127 cm³/mol. The van der Waals surface area contributed by atoms with Crippen molar-refractivity contribution in [2.45, 2.75) is 64.0 Å². The van der Waals surface area contributed by atoms with Crippen LogP contribution >= 0.6 is 0 Å². The molecule has 0 radical (unpaired) electrons. The van der Waals surface area contributed by atoms with E-state index in [2.05, 4.69) is 10.1 Å². The van der Waals surface area contributed by atoms with Gasteiger partial charge >= 0.3 is 5.69 Å². The molecule has 1 aromatic heterocycles. The van der Waals surface area contributed by atoms with Crippen molar-refractivity contribution < 1.29 is 24.5 Å². The van der Waals surface area contributed by atoms with E-state index in [9.17, 15) is 24.6 Å². The number of hydrazone groups is 1. The highest BCUT2D eigenvalue weighted by Gasteiger charge is 2.36. The highest BCUT2D eigenvalue weighted by atomic mass is 16.5. The van der Waals surface area contributed by atoms with Crippen molar-refractivity contribution >= 4 is 11.6 Å². The quantitative estimate of drug-likeness (QED) is 0.569. The van der Waals surface area contributed by atoms with Crippen molar-refractivity contribution in [2.24, 2.45) is 5.10 Å². The number of phenols is 1. The van der Waals surface area contributed by atoms with Crippen LogP contribution in [0.2, 0.25) is 0 Å². The number of aromatic nitrogens is 2. The molecule has 188 valence electrons. The molecular formula is C24H30N4O7. The molecule has 1 fully saturated rings. The van der Waals surface area contributed by atoms with Crippen molar-refractivity contribution in [3.63, 3.8) is 0 Å². The van der Waals surface area contributed by atoms with Crippen molar-refractivity contribution in [3.8, 4) is 23.1 Å². The summed E-state index contributed by atoms with van der Waals surface area (Å²) in [6.07, 6.45) is 4.62. The second kappa shape index (κ2) is 9.85. The zero-order chi connectivity index (χ0) is 25.3. The number of amides is 1.